The Balaban J connectivity index is 2.63. The monoisotopic (exact) mass is 145 g/mol. The zero-order valence-electron chi connectivity index (χ0n) is 5.29. The van der Waals surface area contributed by atoms with Crippen LogP contribution in [0.2, 0.25) is 0 Å². The van der Waals surface area contributed by atoms with Crippen molar-refractivity contribution in [2.45, 2.75) is 6.35 Å². The number of carbonyl (C=O) groups is 2. The highest BCUT2D eigenvalue weighted by Gasteiger charge is 2.27. The summed E-state index contributed by atoms with van der Waals surface area (Å²) < 4.78 is 0. The summed E-state index contributed by atoms with van der Waals surface area (Å²) in [5.41, 5.74) is 2.11. The number of carbonyl (C=O) groups excluding carboxylic acids is 2. The summed E-state index contributed by atoms with van der Waals surface area (Å²) in [6, 6.07) is 0. The lowest BCUT2D eigenvalue weighted by Crippen LogP contribution is -2.63. The Morgan fingerprint density at radius 3 is 2.60 bits per heavy atom. The van der Waals surface area contributed by atoms with Gasteiger partial charge in [-0.1, -0.05) is 0 Å². The van der Waals surface area contributed by atoms with Crippen molar-refractivity contribution in [2.75, 3.05) is 7.05 Å². The van der Waals surface area contributed by atoms with Gasteiger partial charge in [0.05, 0.1) is 0 Å². The molecule has 1 fully saturated rings. The number of rotatable bonds is 0. The third-order valence-corrected chi connectivity index (χ3v) is 1.11. The number of nitrogens with zero attached hydrogens (tertiary/aromatic N) is 1. The SMILES string of the molecule is CN1NC(=O)C(=O)NC1O. The number of aliphatic hydroxyl groups excluding tert-OH is 1. The average molecular weight is 145 g/mol. The van der Waals surface area contributed by atoms with Gasteiger partial charge in [-0.05, 0) is 0 Å². The standard InChI is InChI=1S/C4H7N3O3/c1-7-4(10)5-2(8)3(9)6-7/h4,10H,1H3,(H,5,8)(H,6,9). The number of hydrazine groups is 1. The van der Waals surface area contributed by atoms with E-state index in [9.17, 15) is 9.59 Å². The van der Waals surface area contributed by atoms with Crippen LogP contribution < -0.4 is 10.7 Å². The predicted octanol–water partition coefficient (Wildman–Crippen LogP) is -2.64. The maximum atomic E-state index is 10.5. The van der Waals surface area contributed by atoms with Crippen LogP contribution in [-0.2, 0) is 9.59 Å². The van der Waals surface area contributed by atoms with Crippen molar-refractivity contribution in [1.29, 1.82) is 0 Å². The first-order valence-electron chi connectivity index (χ1n) is 2.63. The molecule has 0 aromatic carbocycles. The minimum atomic E-state index is -1.13. The minimum absolute atomic E-state index is 0.771. The lowest BCUT2D eigenvalue weighted by molar-refractivity contribution is -0.158. The lowest BCUT2D eigenvalue weighted by atomic mass is 10.5. The molecule has 6 nitrogen and oxygen atoms in total. The Morgan fingerprint density at radius 2 is 2.10 bits per heavy atom. The van der Waals surface area contributed by atoms with Crippen LogP contribution in [0.4, 0.5) is 0 Å². The topological polar surface area (TPSA) is 81.7 Å². The molecule has 0 spiro atoms. The summed E-state index contributed by atoms with van der Waals surface area (Å²) in [7, 11) is 1.43. The van der Waals surface area contributed by atoms with Gasteiger partial charge in [-0.25, -0.2) is 0 Å². The molecular weight excluding hydrogens is 138 g/mol. The van der Waals surface area contributed by atoms with Gasteiger partial charge >= 0.3 is 11.8 Å². The summed E-state index contributed by atoms with van der Waals surface area (Å²) in [5, 5.41) is 11.9. The van der Waals surface area contributed by atoms with Crippen molar-refractivity contribution in [3.8, 4) is 0 Å². The first kappa shape index (κ1) is 6.97. The molecule has 0 aromatic rings. The third kappa shape index (κ3) is 1.07. The van der Waals surface area contributed by atoms with Gasteiger partial charge in [-0.3, -0.25) is 15.0 Å². The van der Waals surface area contributed by atoms with Crippen LogP contribution >= 0.6 is 0 Å². The molecule has 56 valence electrons. The molecule has 0 radical (unpaired) electrons. The van der Waals surface area contributed by atoms with Crippen LogP contribution in [0.25, 0.3) is 0 Å². The normalized spacial score (nSPS) is 27.6. The Morgan fingerprint density at radius 1 is 1.50 bits per heavy atom. The van der Waals surface area contributed by atoms with Crippen molar-refractivity contribution in [3.05, 3.63) is 0 Å². The third-order valence-electron chi connectivity index (χ3n) is 1.11. The number of hydrogen-bond acceptors (Lipinski definition) is 4. The summed E-state index contributed by atoms with van der Waals surface area (Å²) >= 11 is 0. The van der Waals surface area contributed by atoms with Crippen LogP contribution in [0.15, 0.2) is 0 Å². The van der Waals surface area contributed by atoms with E-state index in [1.54, 1.807) is 0 Å². The summed E-state index contributed by atoms with van der Waals surface area (Å²) in [6.45, 7) is 0. The molecule has 0 aromatic heterocycles. The molecule has 1 rings (SSSR count). The fourth-order valence-corrected chi connectivity index (χ4v) is 0.552. The Kier molecular flexibility index (Phi) is 1.56. The van der Waals surface area contributed by atoms with Crippen molar-refractivity contribution in [1.82, 2.24) is 15.8 Å². The van der Waals surface area contributed by atoms with E-state index in [-0.39, 0.29) is 0 Å². The molecule has 10 heavy (non-hydrogen) atoms. The van der Waals surface area contributed by atoms with E-state index in [0.29, 0.717) is 0 Å². The van der Waals surface area contributed by atoms with Gasteiger partial charge in [0.2, 0.25) is 6.35 Å². The fourth-order valence-electron chi connectivity index (χ4n) is 0.552. The fraction of sp³-hybridized carbons (Fsp3) is 0.500. The van der Waals surface area contributed by atoms with Crippen LogP contribution in [0.5, 0.6) is 0 Å². The zero-order chi connectivity index (χ0) is 7.72. The summed E-state index contributed by atoms with van der Waals surface area (Å²) in [5.74, 6) is -1.60. The number of hydrogen-bond donors (Lipinski definition) is 3. The van der Waals surface area contributed by atoms with Gasteiger partial charge in [0, 0.05) is 7.05 Å². The van der Waals surface area contributed by atoms with Crippen molar-refractivity contribution in [3.63, 3.8) is 0 Å². The van der Waals surface area contributed by atoms with Gasteiger partial charge in [-0.2, -0.15) is 5.01 Å². The van der Waals surface area contributed by atoms with E-state index in [0.717, 1.165) is 5.01 Å². The maximum absolute atomic E-state index is 10.5. The first-order valence-corrected chi connectivity index (χ1v) is 2.63. The average Bonchev–Trinajstić information content (AvgIpc) is 1.84. The second-order valence-corrected chi connectivity index (χ2v) is 1.90. The first-order chi connectivity index (χ1) is 4.61. The quantitative estimate of drug-likeness (QED) is 0.325. The van der Waals surface area contributed by atoms with Crippen LogP contribution in [0.1, 0.15) is 0 Å². The smallest absolute Gasteiger partial charge is 0.323 e. The van der Waals surface area contributed by atoms with Crippen LogP contribution in [0.3, 0.4) is 0 Å². The Labute approximate surface area is 56.8 Å². The van der Waals surface area contributed by atoms with E-state index in [1.165, 1.54) is 7.05 Å². The number of aliphatic hydroxyl groups is 1. The second kappa shape index (κ2) is 2.24. The molecule has 1 saturated heterocycles. The zero-order valence-corrected chi connectivity index (χ0v) is 5.29. The van der Waals surface area contributed by atoms with Crippen molar-refractivity contribution in [2.24, 2.45) is 0 Å². The number of amides is 2. The predicted molar refractivity (Wildman–Crippen MR) is 30.1 cm³/mol. The highest BCUT2D eigenvalue weighted by atomic mass is 16.3. The van der Waals surface area contributed by atoms with Gasteiger partial charge in [-0.15, -0.1) is 0 Å². The molecular formula is C4H7N3O3. The molecule has 3 N–H and O–H groups in total. The molecule has 1 heterocycles. The van der Waals surface area contributed by atoms with Crippen molar-refractivity contribution >= 4 is 11.8 Å². The van der Waals surface area contributed by atoms with Gasteiger partial charge < -0.3 is 10.4 Å². The Hall–Kier alpha value is -1.14. The number of nitrogens with one attached hydrogen (secondary N) is 2. The lowest BCUT2D eigenvalue weighted by Gasteiger charge is -2.28. The van der Waals surface area contributed by atoms with E-state index in [2.05, 4.69) is 5.43 Å². The molecule has 0 bridgehead atoms. The summed E-state index contributed by atoms with van der Waals surface area (Å²) in [4.78, 5) is 20.9. The van der Waals surface area contributed by atoms with E-state index in [1.807, 2.05) is 5.32 Å². The summed E-state index contributed by atoms with van der Waals surface area (Å²) in [6.07, 6.45) is -1.13. The van der Waals surface area contributed by atoms with Crippen LogP contribution in [0, 0.1) is 0 Å². The van der Waals surface area contributed by atoms with E-state index >= 15 is 0 Å². The molecule has 2 amide bonds. The molecule has 1 aliphatic rings. The maximum Gasteiger partial charge on any atom is 0.323 e. The highest BCUT2D eigenvalue weighted by molar-refractivity contribution is 6.35. The van der Waals surface area contributed by atoms with Crippen molar-refractivity contribution < 1.29 is 14.7 Å². The van der Waals surface area contributed by atoms with Gasteiger partial charge in [0.1, 0.15) is 0 Å². The Bertz CT molecular complexity index is 161. The minimum Gasteiger partial charge on any atom is -0.360 e. The van der Waals surface area contributed by atoms with E-state index < -0.39 is 18.2 Å². The highest BCUT2D eigenvalue weighted by Crippen LogP contribution is 1.88. The van der Waals surface area contributed by atoms with Crippen LogP contribution in [-0.4, -0.2) is 35.3 Å². The molecule has 6 heteroatoms. The molecule has 0 aliphatic carbocycles. The van der Waals surface area contributed by atoms with Gasteiger partial charge in [0.25, 0.3) is 0 Å². The molecule has 0 saturated carbocycles. The molecule has 1 aliphatic heterocycles. The molecule has 1 atom stereocenters. The van der Waals surface area contributed by atoms with Gasteiger partial charge in [0.15, 0.2) is 0 Å². The van der Waals surface area contributed by atoms with E-state index in [4.69, 9.17) is 5.11 Å². The largest absolute Gasteiger partial charge is 0.360 e. The second-order valence-electron chi connectivity index (χ2n) is 1.90. The molecule has 1 unspecified atom stereocenters.